The zero-order valence-corrected chi connectivity index (χ0v) is 15.4. The Balaban J connectivity index is 1.91. The summed E-state index contributed by atoms with van der Waals surface area (Å²) in [6.07, 6.45) is 0.944. The first-order valence-corrected chi connectivity index (χ1v) is 8.72. The summed E-state index contributed by atoms with van der Waals surface area (Å²) >= 11 is 3.43. The first-order valence-electron chi connectivity index (χ1n) is 7.93. The molecule has 2 N–H and O–H groups in total. The van der Waals surface area contributed by atoms with Crippen LogP contribution in [0.5, 0.6) is 0 Å². The number of likely N-dealkylation sites (N-methyl/N-ethyl adjacent to an activating group) is 1. The Morgan fingerprint density at radius 3 is 2.61 bits per heavy atom. The van der Waals surface area contributed by atoms with Gasteiger partial charge in [-0.15, -0.1) is 0 Å². The highest BCUT2D eigenvalue weighted by Gasteiger charge is 2.14. The van der Waals surface area contributed by atoms with Crippen LogP contribution >= 0.6 is 15.9 Å². The predicted molar refractivity (Wildman–Crippen MR) is 95.2 cm³/mol. The zero-order chi connectivity index (χ0) is 16.8. The molecule has 2 aromatic rings. The maximum Gasteiger partial charge on any atom is 0.275 e. The van der Waals surface area contributed by atoms with E-state index in [2.05, 4.69) is 28.2 Å². The van der Waals surface area contributed by atoms with Crippen molar-refractivity contribution in [1.29, 1.82) is 0 Å². The van der Waals surface area contributed by atoms with Gasteiger partial charge in [-0.2, -0.15) is 0 Å². The third kappa shape index (κ3) is 5.52. The summed E-state index contributed by atoms with van der Waals surface area (Å²) in [4.78, 5) is 13.0. The summed E-state index contributed by atoms with van der Waals surface area (Å²) in [5.74, 6) is 1.82. The molecule has 0 fully saturated rings. The number of benzene rings is 1. The molecule has 0 saturated carbocycles. The molecule has 2 atom stereocenters. The minimum Gasteiger partial charge on any atom is -0.455 e. The fraction of sp³-hybridized carbons (Fsp3) is 0.389. The topological polar surface area (TPSA) is 46.7 Å². The van der Waals surface area contributed by atoms with Gasteiger partial charge in [-0.3, -0.25) is 4.79 Å². The number of amides is 1. The smallest absolute Gasteiger partial charge is 0.275 e. The fourth-order valence-electron chi connectivity index (χ4n) is 2.30. The van der Waals surface area contributed by atoms with Gasteiger partial charge in [0.2, 0.25) is 0 Å². The van der Waals surface area contributed by atoms with Gasteiger partial charge in [0.15, 0.2) is 12.3 Å². The lowest BCUT2D eigenvalue weighted by molar-refractivity contribution is -0.886. The molecule has 0 aliphatic rings. The van der Waals surface area contributed by atoms with Gasteiger partial charge in [-0.05, 0) is 37.6 Å². The molecule has 0 bridgehead atoms. The second-order valence-electron chi connectivity index (χ2n) is 5.96. The number of carbonyl (C=O) groups excluding carboxylic acids is 1. The highest BCUT2D eigenvalue weighted by atomic mass is 79.9. The van der Waals surface area contributed by atoms with Crippen LogP contribution in [0.3, 0.4) is 0 Å². The van der Waals surface area contributed by atoms with Gasteiger partial charge < -0.3 is 14.6 Å². The monoisotopic (exact) mass is 379 g/mol. The summed E-state index contributed by atoms with van der Waals surface area (Å²) in [6.45, 7) is 5.21. The van der Waals surface area contributed by atoms with Crippen molar-refractivity contribution in [3.05, 3.63) is 46.6 Å². The van der Waals surface area contributed by atoms with Crippen LogP contribution < -0.4 is 10.2 Å². The molecule has 4 nitrogen and oxygen atoms in total. The highest BCUT2D eigenvalue weighted by molar-refractivity contribution is 9.10. The normalized spacial score (nSPS) is 13.6. The van der Waals surface area contributed by atoms with Gasteiger partial charge in [0.25, 0.3) is 5.91 Å². The number of rotatable bonds is 7. The van der Waals surface area contributed by atoms with Gasteiger partial charge >= 0.3 is 0 Å². The van der Waals surface area contributed by atoms with E-state index in [0.29, 0.717) is 13.1 Å². The Labute approximate surface area is 146 Å². The Morgan fingerprint density at radius 2 is 1.96 bits per heavy atom. The SMILES string of the molecule is CC[C@@H](C)NC(=O)C[NH+](C)Cc1ccc(-c2ccc(Br)cc2)o1. The van der Waals surface area contributed by atoms with Crippen LogP contribution in [0.2, 0.25) is 0 Å². The lowest BCUT2D eigenvalue weighted by Gasteiger charge is -2.15. The van der Waals surface area contributed by atoms with Crippen LogP contribution in [-0.4, -0.2) is 25.5 Å². The van der Waals surface area contributed by atoms with E-state index in [4.69, 9.17) is 4.42 Å². The van der Waals surface area contributed by atoms with Crippen LogP contribution in [-0.2, 0) is 11.3 Å². The maximum absolute atomic E-state index is 11.9. The van der Waals surface area contributed by atoms with Gasteiger partial charge in [-0.1, -0.05) is 35.0 Å². The molecule has 0 aliphatic heterocycles. The molecule has 0 saturated heterocycles. The first kappa shape index (κ1) is 17.8. The van der Waals surface area contributed by atoms with Crippen molar-refractivity contribution >= 4 is 21.8 Å². The summed E-state index contributed by atoms with van der Waals surface area (Å²) in [6, 6.07) is 12.2. The number of quaternary nitrogens is 1. The molecule has 23 heavy (non-hydrogen) atoms. The van der Waals surface area contributed by atoms with E-state index in [1.54, 1.807) is 0 Å². The molecule has 1 heterocycles. The number of carbonyl (C=O) groups is 1. The molecule has 1 unspecified atom stereocenters. The van der Waals surface area contributed by atoms with Crippen molar-refractivity contribution in [3.63, 3.8) is 0 Å². The minimum atomic E-state index is 0.0801. The van der Waals surface area contributed by atoms with Crippen molar-refractivity contribution in [2.45, 2.75) is 32.9 Å². The van der Waals surface area contributed by atoms with E-state index < -0.39 is 0 Å². The molecule has 1 amide bonds. The molecule has 5 heteroatoms. The molecule has 1 aromatic heterocycles. The number of hydrogen-bond acceptors (Lipinski definition) is 2. The summed E-state index contributed by atoms with van der Waals surface area (Å²) in [7, 11) is 2.00. The van der Waals surface area contributed by atoms with Crippen molar-refractivity contribution in [3.8, 4) is 11.3 Å². The standard InChI is InChI=1S/C18H23BrN2O2/c1-4-13(2)20-18(22)12-21(3)11-16-9-10-17(23-16)14-5-7-15(19)8-6-14/h5-10,13H,4,11-12H2,1-3H3,(H,20,22)/p+1/t13-/m1/s1. The van der Waals surface area contributed by atoms with E-state index in [-0.39, 0.29) is 11.9 Å². The molecule has 124 valence electrons. The second kappa shape index (κ2) is 8.31. The third-order valence-corrected chi connectivity index (χ3v) is 4.28. The van der Waals surface area contributed by atoms with Crippen LogP contribution in [0, 0.1) is 0 Å². The summed E-state index contributed by atoms with van der Waals surface area (Å²) in [5, 5.41) is 2.99. The number of hydrogen-bond donors (Lipinski definition) is 2. The second-order valence-corrected chi connectivity index (χ2v) is 6.88. The van der Waals surface area contributed by atoms with Crippen molar-refractivity contribution in [2.24, 2.45) is 0 Å². The van der Waals surface area contributed by atoms with Gasteiger partial charge in [-0.25, -0.2) is 0 Å². The quantitative estimate of drug-likeness (QED) is 0.776. The Morgan fingerprint density at radius 1 is 1.26 bits per heavy atom. The number of furan rings is 1. The van der Waals surface area contributed by atoms with E-state index in [1.807, 2.05) is 50.4 Å². The van der Waals surface area contributed by atoms with Gasteiger partial charge in [0.05, 0.1) is 7.05 Å². The average Bonchev–Trinajstić information content (AvgIpc) is 2.95. The highest BCUT2D eigenvalue weighted by Crippen LogP contribution is 2.23. The first-order chi connectivity index (χ1) is 11.0. The Kier molecular flexibility index (Phi) is 6.42. The van der Waals surface area contributed by atoms with Crippen LogP contribution in [0.4, 0.5) is 0 Å². The lowest BCUT2D eigenvalue weighted by Crippen LogP contribution is -3.08. The molecule has 0 radical (unpaired) electrons. The van der Waals surface area contributed by atoms with E-state index in [0.717, 1.165) is 32.9 Å². The zero-order valence-electron chi connectivity index (χ0n) is 13.9. The molecule has 2 rings (SSSR count). The molecule has 1 aromatic carbocycles. The van der Waals surface area contributed by atoms with Gasteiger partial charge in [0.1, 0.15) is 12.3 Å². The van der Waals surface area contributed by atoms with E-state index >= 15 is 0 Å². The molecule has 0 aliphatic carbocycles. The molecular formula is C18H24BrN2O2+. The Bertz CT molecular complexity index is 637. The van der Waals surface area contributed by atoms with E-state index in [1.165, 1.54) is 0 Å². The minimum absolute atomic E-state index is 0.0801. The number of nitrogens with one attached hydrogen (secondary N) is 2. The number of halogens is 1. The predicted octanol–water partition coefficient (Wildman–Crippen LogP) is 2.64. The van der Waals surface area contributed by atoms with Gasteiger partial charge in [0, 0.05) is 16.1 Å². The maximum atomic E-state index is 11.9. The molecular weight excluding hydrogens is 356 g/mol. The van der Waals surface area contributed by atoms with Crippen molar-refractivity contribution in [1.82, 2.24) is 5.32 Å². The average molecular weight is 380 g/mol. The van der Waals surface area contributed by atoms with Crippen LogP contribution in [0.15, 0.2) is 45.3 Å². The van der Waals surface area contributed by atoms with Crippen molar-refractivity contribution in [2.75, 3.05) is 13.6 Å². The molecule has 0 spiro atoms. The van der Waals surface area contributed by atoms with E-state index in [9.17, 15) is 4.79 Å². The van der Waals surface area contributed by atoms with Crippen LogP contribution in [0.1, 0.15) is 26.0 Å². The largest absolute Gasteiger partial charge is 0.455 e. The fourth-order valence-corrected chi connectivity index (χ4v) is 2.57. The lowest BCUT2D eigenvalue weighted by atomic mass is 10.2. The van der Waals surface area contributed by atoms with Crippen LogP contribution in [0.25, 0.3) is 11.3 Å². The third-order valence-electron chi connectivity index (χ3n) is 3.75. The summed E-state index contributed by atoms with van der Waals surface area (Å²) in [5.41, 5.74) is 1.05. The summed E-state index contributed by atoms with van der Waals surface area (Å²) < 4.78 is 6.94. The van der Waals surface area contributed by atoms with Crippen molar-refractivity contribution < 1.29 is 14.1 Å². The Hall–Kier alpha value is -1.59.